The van der Waals surface area contributed by atoms with Crippen molar-refractivity contribution in [3.63, 3.8) is 0 Å². The van der Waals surface area contributed by atoms with Crippen molar-refractivity contribution in [3.8, 4) is 5.75 Å². The quantitative estimate of drug-likeness (QED) is 0.810. The van der Waals surface area contributed by atoms with Gasteiger partial charge >= 0.3 is 5.97 Å². The maximum absolute atomic E-state index is 12.6. The predicted octanol–water partition coefficient (Wildman–Crippen LogP) is 2.31. The first kappa shape index (κ1) is 20.4. The first-order valence-corrected chi connectivity index (χ1v) is 9.51. The number of carbonyl (C=O) groups excluding carboxylic acids is 2. The van der Waals surface area contributed by atoms with Crippen LogP contribution < -0.4 is 4.74 Å². The van der Waals surface area contributed by atoms with E-state index in [0.29, 0.717) is 50.3 Å². The molecule has 0 aliphatic carbocycles. The number of aryl methyl sites for hydroxylation is 1. The Hall–Kier alpha value is -3.35. The summed E-state index contributed by atoms with van der Waals surface area (Å²) in [4.78, 5) is 39.5. The number of carboxylic acid groups (broad SMARTS) is 1. The van der Waals surface area contributed by atoms with E-state index >= 15 is 0 Å². The van der Waals surface area contributed by atoms with Crippen LogP contribution in [0.25, 0.3) is 0 Å². The Balaban J connectivity index is 1.47. The smallest absolute Gasteiger partial charge is 0.335 e. The lowest BCUT2D eigenvalue weighted by atomic mass is 10.1. The molecule has 2 aromatic carbocycles. The van der Waals surface area contributed by atoms with Crippen molar-refractivity contribution in [1.29, 1.82) is 0 Å². The molecule has 152 valence electrons. The largest absolute Gasteiger partial charge is 0.497 e. The zero-order valence-electron chi connectivity index (χ0n) is 16.3. The summed E-state index contributed by atoms with van der Waals surface area (Å²) in [5.74, 6) is -0.258. The maximum Gasteiger partial charge on any atom is 0.335 e. The number of hydrogen-bond acceptors (Lipinski definition) is 4. The number of carboxylic acids is 1. The molecule has 1 aliphatic rings. The van der Waals surface area contributed by atoms with Crippen LogP contribution in [0.5, 0.6) is 5.75 Å². The molecule has 0 unspecified atom stereocenters. The molecule has 1 fully saturated rings. The van der Waals surface area contributed by atoms with Gasteiger partial charge in [0, 0.05) is 38.2 Å². The van der Waals surface area contributed by atoms with Crippen LogP contribution >= 0.6 is 0 Å². The van der Waals surface area contributed by atoms with E-state index in [1.807, 2.05) is 0 Å². The highest BCUT2D eigenvalue weighted by Gasteiger charge is 2.24. The SMILES string of the molecule is COc1ccc(C(=O)N2CCN(C(=O)CCc3ccc(C(=O)O)cc3)CC2)cc1. The summed E-state index contributed by atoms with van der Waals surface area (Å²) >= 11 is 0. The number of hydrogen-bond donors (Lipinski definition) is 1. The number of rotatable bonds is 6. The fourth-order valence-electron chi connectivity index (χ4n) is 3.30. The molecule has 0 spiro atoms. The summed E-state index contributed by atoms with van der Waals surface area (Å²) in [5, 5.41) is 8.93. The number of nitrogens with zero attached hydrogens (tertiary/aromatic N) is 2. The molecule has 7 nitrogen and oxygen atoms in total. The first-order chi connectivity index (χ1) is 14.0. The highest BCUT2D eigenvalue weighted by molar-refractivity contribution is 5.94. The topological polar surface area (TPSA) is 87.2 Å². The van der Waals surface area contributed by atoms with Crippen molar-refractivity contribution < 1.29 is 24.2 Å². The van der Waals surface area contributed by atoms with Gasteiger partial charge in [0.15, 0.2) is 0 Å². The molecule has 29 heavy (non-hydrogen) atoms. The third kappa shape index (κ3) is 5.13. The second kappa shape index (κ2) is 9.23. The lowest BCUT2D eigenvalue weighted by molar-refractivity contribution is -0.132. The van der Waals surface area contributed by atoms with Crippen molar-refractivity contribution in [2.75, 3.05) is 33.3 Å². The van der Waals surface area contributed by atoms with Gasteiger partial charge < -0.3 is 19.6 Å². The van der Waals surface area contributed by atoms with E-state index in [4.69, 9.17) is 9.84 Å². The molecule has 0 aromatic heterocycles. The Labute approximate surface area is 169 Å². The number of carbonyl (C=O) groups is 3. The van der Waals surface area contributed by atoms with Crippen molar-refractivity contribution in [1.82, 2.24) is 9.80 Å². The van der Waals surface area contributed by atoms with Crippen LogP contribution in [-0.2, 0) is 11.2 Å². The highest BCUT2D eigenvalue weighted by atomic mass is 16.5. The molecular weight excluding hydrogens is 372 g/mol. The number of methoxy groups -OCH3 is 1. The first-order valence-electron chi connectivity index (χ1n) is 9.51. The summed E-state index contributed by atoms with van der Waals surface area (Å²) < 4.78 is 5.11. The average Bonchev–Trinajstić information content (AvgIpc) is 2.77. The molecule has 0 atom stereocenters. The summed E-state index contributed by atoms with van der Waals surface area (Å²) in [6, 6.07) is 13.6. The van der Waals surface area contributed by atoms with Crippen molar-refractivity contribution in [2.24, 2.45) is 0 Å². The minimum atomic E-state index is -0.963. The van der Waals surface area contributed by atoms with Crippen LogP contribution in [-0.4, -0.2) is 66.0 Å². The van der Waals surface area contributed by atoms with Crippen LogP contribution in [0.1, 0.15) is 32.7 Å². The number of aromatic carboxylic acids is 1. The molecule has 7 heteroatoms. The molecule has 1 saturated heterocycles. The molecule has 1 N–H and O–H groups in total. The fraction of sp³-hybridized carbons (Fsp3) is 0.318. The molecular formula is C22H24N2O5. The molecule has 2 aromatic rings. The zero-order valence-corrected chi connectivity index (χ0v) is 16.3. The Morgan fingerprint density at radius 3 is 1.97 bits per heavy atom. The summed E-state index contributed by atoms with van der Waals surface area (Å²) in [6.07, 6.45) is 0.919. The minimum absolute atomic E-state index is 0.0433. The van der Waals surface area contributed by atoms with Gasteiger partial charge in [-0.3, -0.25) is 9.59 Å². The van der Waals surface area contributed by atoms with Crippen LogP contribution in [0.15, 0.2) is 48.5 Å². The summed E-state index contributed by atoms with van der Waals surface area (Å²) in [7, 11) is 1.58. The fourth-order valence-corrected chi connectivity index (χ4v) is 3.30. The van der Waals surface area contributed by atoms with E-state index < -0.39 is 5.97 Å². The van der Waals surface area contributed by atoms with Crippen LogP contribution in [0.3, 0.4) is 0 Å². The van der Waals surface area contributed by atoms with Gasteiger partial charge in [0.1, 0.15) is 5.75 Å². The monoisotopic (exact) mass is 396 g/mol. The van der Waals surface area contributed by atoms with Crippen molar-refractivity contribution >= 4 is 17.8 Å². The lowest BCUT2D eigenvalue weighted by Gasteiger charge is -2.35. The van der Waals surface area contributed by atoms with E-state index in [-0.39, 0.29) is 17.4 Å². The van der Waals surface area contributed by atoms with Gasteiger partial charge in [-0.1, -0.05) is 12.1 Å². The van der Waals surface area contributed by atoms with Gasteiger partial charge in [-0.05, 0) is 48.4 Å². The van der Waals surface area contributed by atoms with Gasteiger partial charge in [-0.15, -0.1) is 0 Å². The standard InChI is InChI=1S/C22H24N2O5/c1-29-19-9-7-17(8-10-19)21(26)24-14-12-23(13-15-24)20(25)11-4-16-2-5-18(6-3-16)22(27)28/h2-3,5-10H,4,11-15H2,1H3,(H,27,28). The summed E-state index contributed by atoms with van der Waals surface area (Å²) in [6.45, 7) is 2.03. The molecule has 1 heterocycles. The van der Waals surface area contributed by atoms with Gasteiger partial charge in [0.2, 0.25) is 5.91 Å². The van der Waals surface area contributed by atoms with Gasteiger partial charge in [0.25, 0.3) is 5.91 Å². The molecule has 2 amide bonds. The van der Waals surface area contributed by atoms with Crippen molar-refractivity contribution in [3.05, 3.63) is 65.2 Å². The molecule has 0 radical (unpaired) electrons. The number of piperazine rings is 1. The summed E-state index contributed by atoms with van der Waals surface area (Å²) in [5.41, 5.74) is 1.77. The number of benzene rings is 2. The third-order valence-corrected chi connectivity index (χ3v) is 5.08. The van der Waals surface area contributed by atoms with Gasteiger partial charge in [-0.25, -0.2) is 4.79 Å². The van der Waals surface area contributed by atoms with Gasteiger partial charge in [0.05, 0.1) is 12.7 Å². The van der Waals surface area contributed by atoms with Crippen molar-refractivity contribution in [2.45, 2.75) is 12.8 Å². The normalized spacial score (nSPS) is 13.8. The minimum Gasteiger partial charge on any atom is -0.497 e. The maximum atomic E-state index is 12.6. The lowest BCUT2D eigenvalue weighted by Crippen LogP contribution is -2.50. The van der Waals surface area contributed by atoms with Crippen LogP contribution in [0.2, 0.25) is 0 Å². The Kier molecular flexibility index (Phi) is 6.49. The van der Waals surface area contributed by atoms with E-state index in [0.717, 1.165) is 5.56 Å². The predicted molar refractivity (Wildman–Crippen MR) is 107 cm³/mol. The third-order valence-electron chi connectivity index (χ3n) is 5.08. The average molecular weight is 396 g/mol. The van der Waals surface area contributed by atoms with E-state index in [1.54, 1.807) is 65.4 Å². The molecule has 3 rings (SSSR count). The van der Waals surface area contributed by atoms with Crippen LogP contribution in [0.4, 0.5) is 0 Å². The Bertz CT molecular complexity index is 869. The number of ether oxygens (including phenoxy) is 1. The molecule has 0 bridgehead atoms. The Morgan fingerprint density at radius 1 is 0.862 bits per heavy atom. The van der Waals surface area contributed by atoms with Gasteiger partial charge in [-0.2, -0.15) is 0 Å². The number of amides is 2. The van der Waals surface area contributed by atoms with E-state index in [1.165, 1.54) is 0 Å². The molecule has 0 saturated carbocycles. The highest BCUT2D eigenvalue weighted by Crippen LogP contribution is 2.15. The van der Waals surface area contributed by atoms with E-state index in [2.05, 4.69) is 0 Å². The second-order valence-electron chi connectivity index (χ2n) is 6.90. The molecule has 1 aliphatic heterocycles. The zero-order chi connectivity index (χ0) is 20.8. The Morgan fingerprint density at radius 2 is 1.41 bits per heavy atom. The van der Waals surface area contributed by atoms with Crippen LogP contribution in [0, 0.1) is 0 Å². The second-order valence-corrected chi connectivity index (χ2v) is 6.90. The van der Waals surface area contributed by atoms with E-state index in [9.17, 15) is 14.4 Å².